The van der Waals surface area contributed by atoms with E-state index in [-0.39, 0.29) is 18.1 Å². The van der Waals surface area contributed by atoms with Gasteiger partial charge in [-0.25, -0.2) is 4.68 Å². The first-order valence-corrected chi connectivity index (χ1v) is 7.06. The zero-order chi connectivity index (χ0) is 14.9. The molecule has 1 saturated heterocycles. The summed E-state index contributed by atoms with van der Waals surface area (Å²) >= 11 is 0. The van der Waals surface area contributed by atoms with E-state index in [1.807, 2.05) is 6.92 Å². The van der Waals surface area contributed by atoms with Gasteiger partial charge in [-0.2, -0.15) is 0 Å². The van der Waals surface area contributed by atoms with Crippen molar-refractivity contribution in [2.24, 2.45) is 11.8 Å². The summed E-state index contributed by atoms with van der Waals surface area (Å²) < 4.78 is 7.55. The monoisotopic (exact) mass is 282 g/mol. The highest BCUT2D eigenvalue weighted by atomic mass is 16.5. The first-order chi connectivity index (χ1) is 9.41. The number of carboxylic acid groups (broad SMARTS) is 1. The lowest BCUT2D eigenvalue weighted by Gasteiger charge is -2.17. The van der Waals surface area contributed by atoms with Gasteiger partial charge >= 0.3 is 5.97 Å². The Balaban J connectivity index is 2.10. The van der Waals surface area contributed by atoms with Crippen molar-refractivity contribution in [1.82, 2.24) is 20.2 Å². The highest BCUT2D eigenvalue weighted by molar-refractivity contribution is 5.69. The first kappa shape index (κ1) is 14.9. The summed E-state index contributed by atoms with van der Waals surface area (Å²) in [6.45, 7) is 8.43. The van der Waals surface area contributed by atoms with E-state index in [4.69, 9.17) is 9.84 Å². The van der Waals surface area contributed by atoms with Gasteiger partial charge in [0.2, 0.25) is 0 Å². The molecule has 0 aromatic carbocycles. The summed E-state index contributed by atoms with van der Waals surface area (Å²) in [5.41, 5.74) is 0. The molecule has 0 aliphatic carbocycles. The van der Waals surface area contributed by atoms with E-state index in [2.05, 4.69) is 29.4 Å². The third kappa shape index (κ3) is 2.82. The first-order valence-electron chi connectivity index (χ1n) is 7.06. The van der Waals surface area contributed by atoms with Crippen LogP contribution in [0.2, 0.25) is 0 Å². The zero-order valence-electron chi connectivity index (χ0n) is 12.4. The van der Waals surface area contributed by atoms with E-state index >= 15 is 0 Å². The number of rotatable bonds is 5. The number of aryl methyl sites for hydroxylation is 1. The van der Waals surface area contributed by atoms with Gasteiger partial charge in [0.05, 0.1) is 24.0 Å². The highest BCUT2D eigenvalue weighted by Gasteiger charge is 2.41. The number of carboxylic acids is 1. The van der Waals surface area contributed by atoms with Crippen LogP contribution < -0.4 is 0 Å². The average Bonchev–Trinajstić information content (AvgIpc) is 2.92. The van der Waals surface area contributed by atoms with E-state index in [9.17, 15) is 4.79 Å². The third-order valence-electron chi connectivity index (χ3n) is 4.30. The Morgan fingerprint density at radius 3 is 2.65 bits per heavy atom. The lowest BCUT2D eigenvalue weighted by atomic mass is 9.89. The van der Waals surface area contributed by atoms with Gasteiger partial charge in [-0.3, -0.25) is 4.79 Å². The van der Waals surface area contributed by atoms with Crippen LogP contribution in [0.15, 0.2) is 0 Å². The summed E-state index contributed by atoms with van der Waals surface area (Å²) in [5.74, 6) is 0.0959. The minimum atomic E-state index is -0.792. The molecule has 0 radical (unpaired) electrons. The Morgan fingerprint density at radius 1 is 1.40 bits per heavy atom. The molecule has 1 fully saturated rings. The van der Waals surface area contributed by atoms with Gasteiger partial charge in [0.1, 0.15) is 0 Å². The maximum absolute atomic E-state index is 10.9. The Hall–Kier alpha value is -1.50. The Bertz CT molecular complexity index is 476. The second-order valence-corrected chi connectivity index (χ2v) is 5.72. The van der Waals surface area contributed by atoms with E-state index in [1.54, 1.807) is 11.6 Å². The number of hydrogen-bond acceptors (Lipinski definition) is 5. The molecule has 1 aromatic rings. The summed E-state index contributed by atoms with van der Waals surface area (Å²) in [6, 6.07) is 0. The topological polar surface area (TPSA) is 90.1 Å². The predicted molar refractivity (Wildman–Crippen MR) is 71.1 cm³/mol. The van der Waals surface area contributed by atoms with Crippen molar-refractivity contribution in [3.63, 3.8) is 0 Å². The normalized spacial score (nSPS) is 31.4. The Morgan fingerprint density at radius 2 is 2.10 bits per heavy atom. The van der Waals surface area contributed by atoms with Gasteiger partial charge in [-0.15, -0.1) is 5.10 Å². The van der Waals surface area contributed by atoms with E-state index < -0.39 is 11.9 Å². The molecule has 1 aliphatic rings. The lowest BCUT2D eigenvalue weighted by molar-refractivity contribution is -0.141. The van der Waals surface area contributed by atoms with Gasteiger partial charge in [0.15, 0.2) is 5.82 Å². The van der Waals surface area contributed by atoms with Crippen molar-refractivity contribution in [3.05, 3.63) is 5.82 Å². The molecule has 0 amide bonds. The van der Waals surface area contributed by atoms with Crippen LogP contribution in [0.25, 0.3) is 0 Å². The van der Waals surface area contributed by atoms with Crippen molar-refractivity contribution in [3.8, 4) is 0 Å². The molecule has 1 aromatic heterocycles. The number of nitrogens with zero attached hydrogens (tertiary/aromatic N) is 4. The molecule has 7 heteroatoms. The van der Waals surface area contributed by atoms with Crippen LogP contribution >= 0.6 is 0 Å². The molecule has 1 N–H and O–H groups in total. The standard InChI is InChI=1S/C13H22N4O3/c1-7(13(18)19)5-6-17-12(14-15-16-17)11-8(2)9(3)20-10(11)4/h7-11H,5-6H2,1-4H3,(H,18,19). The highest BCUT2D eigenvalue weighted by Crippen LogP contribution is 2.38. The van der Waals surface area contributed by atoms with Crippen LogP contribution in [-0.2, 0) is 16.1 Å². The Kier molecular flexibility index (Phi) is 4.37. The maximum atomic E-state index is 10.9. The van der Waals surface area contributed by atoms with Crippen molar-refractivity contribution in [1.29, 1.82) is 0 Å². The molecule has 2 heterocycles. The van der Waals surface area contributed by atoms with Gasteiger partial charge in [0, 0.05) is 6.54 Å². The van der Waals surface area contributed by atoms with Gasteiger partial charge in [-0.05, 0) is 36.6 Å². The fraction of sp³-hybridized carbons (Fsp3) is 0.846. The van der Waals surface area contributed by atoms with Crippen molar-refractivity contribution in [2.75, 3.05) is 0 Å². The molecule has 0 spiro atoms. The molecule has 2 rings (SSSR count). The van der Waals surface area contributed by atoms with Crippen LogP contribution in [0.4, 0.5) is 0 Å². The number of carbonyl (C=O) groups is 1. The number of ether oxygens (including phenoxy) is 1. The second kappa shape index (κ2) is 5.87. The molecule has 5 atom stereocenters. The smallest absolute Gasteiger partial charge is 0.306 e. The van der Waals surface area contributed by atoms with Crippen LogP contribution in [-0.4, -0.2) is 43.5 Å². The fourth-order valence-corrected chi connectivity index (χ4v) is 2.76. The molecule has 112 valence electrons. The summed E-state index contributed by atoms with van der Waals surface area (Å²) in [4.78, 5) is 10.9. The maximum Gasteiger partial charge on any atom is 0.306 e. The summed E-state index contributed by atoms with van der Waals surface area (Å²) in [5, 5.41) is 20.8. The molecule has 20 heavy (non-hydrogen) atoms. The van der Waals surface area contributed by atoms with Crippen molar-refractivity contribution >= 4 is 5.97 Å². The van der Waals surface area contributed by atoms with Crippen molar-refractivity contribution in [2.45, 2.75) is 58.8 Å². The molecule has 7 nitrogen and oxygen atoms in total. The molecular weight excluding hydrogens is 260 g/mol. The van der Waals surface area contributed by atoms with Crippen LogP contribution in [0, 0.1) is 11.8 Å². The van der Waals surface area contributed by atoms with Crippen LogP contribution in [0.5, 0.6) is 0 Å². The summed E-state index contributed by atoms with van der Waals surface area (Å²) in [6.07, 6.45) is 0.763. The lowest BCUT2D eigenvalue weighted by Crippen LogP contribution is -2.22. The number of aliphatic carboxylic acids is 1. The molecule has 0 saturated carbocycles. The van der Waals surface area contributed by atoms with Gasteiger partial charge in [-0.1, -0.05) is 13.8 Å². The second-order valence-electron chi connectivity index (χ2n) is 5.72. The summed E-state index contributed by atoms with van der Waals surface area (Å²) in [7, 11) is 0. The SMILES string of the molecule is CC(CCn1nnnc1C1C(C)OC(C)C1C)C(=O)O. The fourth-order valence-electron chi connectivity index (χ4n) is 2.76. The third-order valence-corrected chi connectivity index (χ3v) is 4.30. The molecule has 0 bridgehead atoms. The molecule has 1 aliphatic heterocycles. The predicted octanol–water partition coefficient (Wildman–Crippen LogP) is 1.31. The quantitative estimate of drug-likeness (QED) is 0.875. The van der Waals surface area contributed by atoms with Crippen LogP contribution in [0.3, 0.4) is 0 Å². The largest absolute Gasteiger partial charge is 0.481 e. The van der Waals surface area contributed by atoms with Gasteiger partial charge < -0.3 is 9.84 Å². The van der Waals surface area contributed by atoms with Crippen molar-refractivity contribution < 1.29 is 14.6 Å². The zero-order valence-corrected chi connectivity index (χ0v) is 12.4. The average molecular weight is 282 g/mol. The number of aromatic nitrogens is 4. The van der Waals surface area contributed by atoms with Gasteiger partial charge in [0.25, 0.3) is 0 Å². The Labute approximate surface area is 118 Å². The van der Waals surface area contributed by atoms with Crippen LogP contribution in [0.1, 0.15) is 45.9 Å². The minimum Gasteiger partial charge on any atom is -0.481 e. The molecule has 5 unspecified atom stereocenters. The van der Waals surface area contributed by atoms with E-state index in [0.29, 0.717) is 18.9 Å². The molecular formula is C13H22N4O3. The number of hydrogen-bond donors (Lipinski definition) is 1. The van der Waals surface area contributed by atoms with E-state index in [0.717, 1.165) is 5.82 Å². The minimum absolute atomic E-state index is 0.0710. The van der Waals surface area contributed by atoms with E-state index in [1.165, 1.54) is 0 Å². The number of tetrazole rings is 1.